The number of nitrogens with zero attached hydrogens (tertiary/aromatic N) is 1. The van der Waals surface area contributed by atoms with Crippen LogP contribution in [0.5, 0.6) is 0 Å². The molecule has 0 unspecified atom stereocenters. The minimum Gasteiger partial charge on any atom is -0.398 e. The smallest absolute Gasteiger partial charge is 0.294 e. The van der Waals surface area contributed by atoms with Crippen molar-refractivity contribution in [2.24, 2.45) is 5.92 Å². The van der Waals surface area contributed by atoms with Gasteiger partial charge in [0.1, 0.15) is 0 Å². The van der Waals surface area contributed by atoms with E-state index < -0.39 is 10.1 Å². The summed E-state index contributed by atoms with van der Waals surface area (Å²) in [4.78, 5) is 14.9. The molecule has 8 heteroatoms. The number of benzene rings is 3. The normalized spacial score (nSPS) is 21.8. The van der Waals surface area contributed by atoms with E-state index in [1.807, 2.05) is 43.3 Å². The molecule has 3 aliphatic rings. The van der Waals surface area contributed by atoms with Crippen molar-refractivity contribution in [3.63, 3.8) is 0 Å². The molecule has 2 bridgehead atoms. The van der Waals surface area contributed by atoms with E-state index in [0.717, 1.165) is 34.1 Å². The van der Waals surface area contributed by atoms with Crippen molar-refractivity contribution in [1.29, 1.82) is 0 Å². The predicted octanol–water partition coefficient (Wildman–Crippen LogP) is 3.49. The number of amides is 1. The number of carbonyl (C=O) groups is 1. The van der Waals surface area contributed by atoms with Crippen LogP contribution in [0, 0.1) is 12.8 Å². The van der Waals surface area contributed by atoms with Gasteiger partial charge in [0.15, 0.2) is 0 Å². The molecular weight excluding hydrogens is 438 g/mol. The fraction of sp³-hybridized carbons (Fsp3) is 0.320. The van der Waals surface area contributed by atoms with Crippen molar-refractivity contribution in [3.05, 3.63) is 71.8 Å². The van der Waals surface area contributed by atoms with Crippen LogP contribution in [-0.2, 0) is 10.1 Å². The Morgan fingerprint density at radius 1 is 1.06 bits per heavy atom. The van der Waals surface area contributed by atoms with Crippen LogP contribution in [0.25, 0.3) is 10.8 Å². The van der Waals surface area contributed by atoms with Crippen LogP contribution in [0.4, 0.5) is 5.69 Å². The molecule has 0 aliphatic carbocycles. The van der Waals surface area contributed by atoms with Gasteiger partial charge in [0.05, 0.1) is 4.90 Å². The molecule has 1 atom stereocenters. The molecule has 6 rings (SSSR count). The maximum absolute atomic E-state index is 12.6. The first-order chi connectivity index (χ1) is 15.7. The average Bonchev–Trinajstić information content (AvgIpc) is 2.80. The summed E-state index contributed by atoms with van der Waals surface area (Å²) in [5.74, 6) is 0.674. The molecule has 33 heavy (non-hydrogen) atoms. The minimum absolute atomic E-state index is 0.0306. The highest BCUT2D eigenvalue weighted by atomic mass is 32.2. The summed E-state index contributed by atoms with van der Waals surface area (Å²) in [6.45, 7) is 5.21. The Morgan fingerprint density at radius 2 is 1.76 bits per heavy atom. The molecule has 3 aromatic rings. The molecule has 1 amide bonds. The number of piperidine rings is 3. The van der Waals surface area contributed by atoms with Crippen molar-refractivity contribution in [3.8, 4) is 0 Å². The molecule has 0 saturated carbocycles. The Hall–Kier alpha value is -2.94. The third-order valence-electron chi connectivity index (χ3n) is 6.47. The van der Waals surface area contributed by atoms with Crippen molar-refractivity contribution in [2.75, 3.05) is 25.4 Å². The molecule has 3 aromatic carbocycles. The summed E-state index contributed by atoms with van der Waals surface area (Å²) in [5.41, 5.74) is 8.39. The van der Waals surface area contributed by atoms with Crippen LogP contribution in [-0.4, -0.2) is 49.5 Å². The predicted molar refractivity (Wildman–Crippen MR) is 130 cm³/mol. The van der Waals surface area contributed by atoms with E-state index in [4.69, 9.17) is 10.3 Å². The maximum Gasteiger partial charge on any atom is 0.294 e. The second kappa shape index (κ2) is 9.51. The lowest BCUT2D eigenvalue weighted by molar-refractivity contribution is 0.0620. The van der Waals surface area contributed by atoms with Crippen molar-refractivity contribution in [1.82, 2.24) is 10.2 Å². The van der Waals surface area contributed by atoms with E-state index in [-0.39, 0.29) is 10.8 Å². The number of carbonyl (C=O) groups excluding carboxylic acids is 1. The van der Waals surface area contributed by atoms with Gasteiger partial charge in [-0.2, -0.15) is 8.42 Å². The van der Waals surface area contributed by atoms with Crippen LogP contribution in [0.2, 0.25) is 0 Å². The molecule has 0 spiro atoms. The van der Waals surface area contributed by atoms with Crippen LogP contribution < -0.4 is 11.1 Å². The minimum atomic E-state index is -4.02. The van der Waals surface area contributed by atoms with Crippen LogP contribution in [0.15, 0.2) is 65.6 Å². The van der Waals surface area contributed by atoms with Crippen LogP contribution >= 0.6 is 0 Å². The number of hydrogen-bond donors (Lipinski definition) is 3. The molecule has 3 fully saturated rings. The summed E-state index contributed by atoms with van der Waals surface area (Å²) in [7, 11) is -4.02. The Morgan fingerprint density at radius 3 is 2.36 bits per heavy atom. The monoisotopic (exact) mass is 467 g/mol. The lowest BCUT2D eigenvalue weighted by Crippen LogP contribution is -2.57. The summed E-state index contributed by atoms with van der Waals surface area (Å²) >= 11 is 0. The fourth-order valence-corrected chi connectivity index (χ4v) is 5.02. The molecule has 4 N–H and O–H groups in total. The summed E-state index contributed by atoms with van der Waals surface area (Å²) in [6.07, 6.45) is 2.42. The zero-order valence-corrected chi connectivity index (χ0v) is 19.4. The Kier molecular flexibility index (Phi) is 6.69. The quantitative estimate of drug-likeness (QED) is 0.402. The molecule has 0 aromatic heterocycles. The summed E-state index contributed by atoms with van der Waals surface area (Å²) in [6, 6.07) is 17.8. The Bertz CT molecular complexity index is 1250. The number of nitrogens with two attached hydrogens (primary N) is 1. The van der Waals surface area contributed by atoms with Gasteiger partial charge in [-0.15, -0.1) is 0 Å². The molecule has 3 heterocycles. The van der Waals surface area contributed by atoms with Gasteiger partial charge in [-0.05, 0) is 74.5 Å². The number of nitrogen functional groups attached to an aromatic ring is 1. The zero-order chi connectivity index (χ0) is 23.6. The zero-order valence-electron chi connectivity index (χ0n) is 18.6. The molecule has 7 nitrogen and oxygen atoms in total. The highest BCUT2D eigenvalue weighted by Crippen LogP contribution is 2.28. The van der Waals surface area contributed by atoms with E-state index in [9.17, 15) is 13.2 Å². The lowest BCUT2D eigenvalue weighted by atomic mass is 9.84. The molecule has 174 valence electrons. The SMILES string of the molecule is Cc1ccc(S(=O)(=O)O)cc1.Nc1cccc2cc(C(=O)N[C@H]3CN4CCC3CC4)ccc12. The summed E-state index contributed by atoms with van der Waals surface area (Å²) < 4.78 is 29.6. The number of aryl methyl sites for hydroxylation is 1. The highest BCUT2D eigenvalue weighted by Gasteiger charge is 2.34. The van der Waals surface area contributed by atoms with Crippen molar-refractivity contribution >= 4 is 32.5 Å². The number of fused-ring (bicyclic) bond motifs is 4. The van der Waals surface area contributed by atoms with Crippen molar-refractivity contribution in [2.45, 2.75) is 30.7 Å². The standard InChI is InChI=1S/C18H21N3O.C7H8O3S/c19-16-3-1-2-13-10-14(4-5-15(13)16)18(22)20-17-11-21-8-6-12(17)7-9-21;1-6-2-4-7(5-3-6)11(8,9)10/h1-5,10,12,17H,6-9,11,19H2,(H,20,22);2-5H,1H3,(H,8,9,10)/t17-;/m0./s1. The second-order valence-electron chi connectivity index (χ2n) is 8.79. The summed E-state index contributed by atoms with van der Waals surface area (Å²) in [5, 5.41) is 5.25. The van der Waals surface area contributed by atoms with Gasteiger partial charge in [-0.25, -0.2) is 0 Å². The van der Waals surface area contributed by atoms with E-state index in [0.29, 0.717) is 12.0 Å². The Balaban J connectivity index is 0.000000200. The first-order valence-corrected chi connectivity index (χ1v) is 12.5. The van der Waals surface area contributed by atoms with Crippen LogP contribution in [0.1, 0.15) is 28.8 Å². The first kappa shape index (κ1) is 23.2. The van der Waals surface area contributed by atoms with E-state index in [1.54, 1.807) is 12.1 Å². The van der Waals surface area contributed by atoms with E-state index >= 15 is 0 Å². The molecule has 3 aliphatic heterocycles. The van der Waals surface area contributed by atoms with Gasteiger partial charge in [0, 0.05) is 29.2 Å². The lowest BCUT2D eigenvalue weighted by Gasteiger charge is -2.44. The van der Waals surface area contributed by atoms with Crippen LogP contribution in [0.3, 0.4) is 0 Å². The molecular formula is C25H29N3O4S. The Labute approximate surface area is 194 Å². The molecule has 0 radical (unpaired) electrons. The number of hydrogen-bond acceptors (Lipinski definition) is 5. The highest BCUT2D eigenvalue weighted by molar-refractivity contribution is 7.85. The number of rotatable bonds is 3. The van der Waals surface area contributed by atoms with Gasteiger partial charge in [0.2, 0.25) is 0 Å². The van der Waals surface area contributed by atoms with Gasteiger partial charge >= 0.3 is 0 Å². The van der Waals surface area contributed by atoms with Gasteiger partial charge in [-0.3, -0.25) is 9.35 Å². The number of anilines is 1. The van der Waals surface area contributed by atoms with E-state index in [2.05, 4.69) is 10.2 Å². The van der Waals surface area contributed by atoms with Gasteiger partial charge < -0.3 is 16.0 Å². The van der Waals surface area contributed by atoms with Gasteiger partial charge in [0.25, 0.3) is 16.0 Å². The number of nitrogens with one attached hydrogen (secondary N) is 1. The van der Waals surface area contributed by atoms with E-state index in [1.165, 1.54) is 38.1 Å². The average molecular weight is 468 g/mol. The first-order valence-electron chi connectivity index (χ1n) is 11.1. The largest absolute Gasteiger partial charge is 0.398 e. The third-order valence-corrected chi connectivity index (χ3v) is 7.34. The third kappa shape index (κ3) is 5.52. The fourth-order valence-electron chi connectivity index (χ4n) is 4.54. The topological polar surface area (TPSA) is 113 Å². The maximum atomic E-state index is 12.6. The van der Waals surface area contributed by atoms with Gasteiger partial charge in [-0.1, -0.05) is 35.9 Å². The second-order valence-corrected chi connectivity index (χ2v) is 10.2. The van der Waals surface area contributed by atoms with Crippen molar-refractivity contribution < 1.29 is 17.8 Å². The molecule has 3 saturated heterocycles.